The Balaban J connectivity index is 2.60. The van der Waals surface area contributed by atoms with E-state index in [9.17, 15) is 4.79 Å². The van der Waals surface area contributed by atoms with Crippen LogP contribution in [0.4, 0.5) is 0 Å². The fourth-order valence-corrected chi connectivity index (χ4v) is 3.22. The molecule has 2 rings (SSSR count). The summed E-state index contributed by atoms with van der Waals surface area (Å²) in [5.74, 6) is 1.36. The molecule has 98 valence electrons. The first kappa shape index (κ1) is 13.6. The van der Waals surface area contributed by atoms with Gasteiger partial charge < -0.3 is 4.98 Å². The number of alkyl halides is 1. The molecule has 0 saturated carbocycles. The lowest BCUT2D eigenvalue weighted by atomic mass is 9.98. The Morgan fingerprint density at radius 3 is 2.83 bits per heavy atom. The van der Waals surface area contributed by atoms with Gasteiger partial charge in [0.2, 0.25) is 0 Å². The molecule has 0 saturated heterocycles. The average molecular weight is 285 g/mol. The molecule has 0 aliphatic carbocycles. The molecule has 0 bridgehead atoms. The van der Waals surface area contributed by atoms with Crippen LogP contribution in [0.3, 0.4) is 0 Å². The van der Waals surface area contributed by atoms with E-state index < -0.39 is 0 Å². The largest absolute Gasteiger partial charge is 0.309 e. The van der Waals surface area contributed by atoms with Crippen molar-refractivity contribution in [3.05, 3.63) is 26.6 Å². The van der Waals surface area contributed by atoms with E-state index in [1.807, 2.05) is 0 Å². The van der Waals surface area contributed by atoms with E-state index in [4.69, 9.17) is 11.6 Å². The highest BCUT2D eigenvalue weighted by Gasteiger charge is 2.16. The molecule has 2 aromatic heterocycles. The maximum atomic E-state index is 12.1. The Labute approximate surface area is 115 Å². The third-order valence-electron chi connectivity index (χ3n) is 3.29. The molecule has 5 heteroatoms. The van der Waals surface area contributed by atoms with Gasteiger partial charge in [0.1, 0.15) is 10.7 Å². The highest BCUT2D eigenvalue weighted by atomic mass is 35.5. The van der Waals surface area contributed by atoms with E-state index >= 15 is 0 Å². The summed E-state index contributed by atoms with van der Waals surface area (Å²) in [7, 11) is 0. The van der Waals surface area contributed by atoms with Gasteiger partial charge in [0.25, 0.3) is 5.56 Å². The van der Waals surface area contributed by atoms with Gasteiger partial charge in [0, 0.05) is 4.88 Å². The van der Waals surface area contributed by atoms with Crippen molar-refractivity contribution in [1.82, 2.24) is 9.97 Å². The molecule has 1 atom stereocenters. The molecule has 0 fully saturated rings. The summed E-state index contributed by atoms with van der Waals surface area (Å²) in [4.78, 5) is 21.3. The quantitative estimate of drug-likeness (QED) is 0.872. The maximum Gasteiger partial charge on any atom is 0.259 e. The number of aromatic amines is 1. The van der Waals surface area contributed by atoms with E-state index in [-0.39, 0.29) is 11.4 Å². The predicted octanol–water partition coefficient (Wildman–Crippen LogP) is 3.62. The summed E-state index contributed by atoms with van der Waals surface area (Å²) >= 11 is 7.31. The van der Waals surface area contributed by atoms with Crippen LogP contribution < -0.4 is 5.56 Å². The molecular weight excluding hydrogens is 268 g/mol. The zero-order chi connectivity index (χ0) is 13.3. The number of hydrogen-bond donors (Lipinski definition) is 1. The highest BCUT2D eigenvalue weighted by molar-refractivity contribution is 7.18. The molecule has 3 nitrogen and oxygen atoms in total. The van der Waals surface area contributed by atoms with Gasteiger partial charge in [-0.3, -0.25) is 4.79 Å². The number of thiophene rings is 1. The third kappa shape index (κ3) is 2.45. The van der Waals surface area contributed by atoms with E-state index in [2.05, 4.69) is 30.7 Å². The van der Waals surface area contributed by atoms with E-state index in [1.54, 1.807) is 11.3 Å². The van der Waals surface area contributed by atoms with Crippen molar-refractivity contribution in [3.63, 3.8) is 0 Å². The SMILES string of the molecule is CCC(C)Cc1c(C)sc2nc(CCl)[nH]c(=O)c12. The van der Waals surface area contributed by atoms with Crippen LogP contribution in [-0.4, -0.2) is 9.97 Å². The minimum Gasteiger partial charge on any atom is -0.309 e. The van der Waals surface area contributed by atoms with Crippen molar-refractivity contribution < 1.29 is 0 Å². The zero-order valence-corrected chi connectivity index (χ0v) is 12.4. The van der Waals surface area contributed by atoms with Crippen LogP contribution in [0.15, 0.2) is 4.79 Å². The number of halogens is 1. The molecule has 2 aromatic rings. The summed E-state index contributed by atoms with van der Waals surface area (Å²) in [6.45, 7) is 6.43. The van der Waals surface area contributed by atoms with Crippen LogP contribution in [0.1, 0.15) is 36.5 Å². The lowest BCUT2D eigenvalue weighted by Gasteiger charge is -2.08. The first-order valence-electron chi connectivity index (χ1n) is 6.13. The minimum absolute atomic E-state index is 0.0571. The van der Waals surface area contributed by atoms with E-state index in [0.29, 0.717) is 11.7 Å². The molecule has 18 heavy (non-hydrogen) atoms. The van der Waals surface area contributed by atoms with Crippen LogP contribution in [0.2, 0.25) is 0 Å². The fraction of sp³-hybridized carbons (Fsp3) is 0.538. The minimum atomic E-state index is -0.0571. The summed E-state index contributed by atoms with van der Waals surface area (Å²) in [6, 6.07) is 0. The predicted molar refractivity (Wildman–Crippen MR) is 77.7 cm³/mol. The number of aryl methyl sites for hydroxylation is 1. The van der Waals surface area contributed by atoms with Crippen LogP contribution in [0.5, 0.6) is 0 Å². The first-order chi connectivity index (χ1) is 8.56. The van der Waals surface area contributed by atoms with E-state index in [0.717, 1.165) is 28.6 Å². The van der Waals surface area contributed by atoms with E-state index in [1.165, 1.54) is 4.88 Å². The van der Waals surface area contributed by atoms with Crippen LogP contribution in [-0.2, 0) is 12.3 Å². The van der Waals surface area contributed by atoms with Gasteiger partial charge in [-0.1, -0.05) is 20.3 Å². The number of nitrogens with one attached hydrogen (secondary N) is 1. The number of fused-ring (bicyclic) bond motifs is 1. The molecular formula is C13H17ClN2OS. The Bertz CT molecular complexity index is 617. The Kier molecular flexibility index (Phi) is 4.07. The number of nitrogens with zero attached hydrogens (tertiary/aromatic N) is 1. The number of rotatable bonds is 4. The Hall–Kier alpha value is -0.870. The van der Waals surface area contributed by atoms with Gasteiger partial charge in [-0.2, -0.15) is 0 Å². The van der Waals surface area contributed by atoms with Crippen molar-refractivity contribution in [3.8, 4) is 0 Å². The van der Waals surface area contributed by atoms with Gasteiger partial charge in [-0.25, -0.2) is 4.98 Å². The van der Waals surface area contributed by atoms with Crippen molar-refractivity contribution >= 4 is 33.2 Å². The molecule has 0 aliphatic rings. The summed E-state index contributed by atoms with van der Waals surface area (Å²) in [5, 5.41) is 0.756. The first-order valence-corrected chi connectivity index (χ1v) is 7.49. The summed E-state index contributed by atoms with van der Waals surface area (Å²) in [5.41, 5.74) is 1.09. The topological polar surface area (TPSA) is 45.8 Å². The van der Waals surface area contributed by atoms with Gasteiger partial charge in [0.05, 0.1) is 11.3 Å². The number of hydrogen-bond acceptors (Lipinski definition) is 3. The van der Waals surface area contributed by atoms with Crippen LogP contribution >= 0.6 is 22.9 Å². The monoisotopic (exact) mass is 284 g/mol. The molecule has 0 radical (unpaired) electrons. The lowest BCUT2D eigenvalue weighted by molar-refractivity contribution is 0.561. The van der Waals surface area contributed by atoms with Gasteiger partial charge >= 0.3 is 0 Å². The zero-order valence-electron chi connectivity index (χ0n) is 10.8. The standard InChI is InChI=1S/C13H17ClN2OS/c1-4-7(2)5-9-8(3)18-13-11(9)12(17)15-10(6-14)16-13/h7H,4-6H2,1-3H3,(H,15,16,17). The third-order valence-corrected chi connectivity index (χ3v) is 4.58. The van der Waals surface area contributed by atoms with Crippen molar-refractivity contribution in [1.29, 1.82) is 0 Å². The Morgan fingerprint density at radius 1 is 1.50 bits per heavy atom. The summed E-state index contributed by atoms with van der Waals surface area (Å²) in [6.07, 6.45) is 2.05. The van der Waals surface area contributed by atoms with Gasteiger partial charge in [-0.05, 0) is 24.8 Å². The van der Waals surface area contributed by atoms with Crippen molar-refractivity contribution in [2.45, 2.75) is 39.5 Å². The molecule has 0 aliphatic heterocycles. The molecule has 1 N–H and O–H groups in total. The molecule has 0 amide bonds. The lowest BCUT2D eigenvalue weighted by Crippen LogP contribution is -2.12. The normalized spacial score (nSPS) is 13.1. The Morgan fingerprint density at radius 2 is 2.22 bits per heavy atom. The smallest absolute Gasteiger partial charge is 0.259 e. The van der Waals surface area contributed by atoms with Gasteiger partial charge in [0.15, 0.2) is 0 Å². The van der Waals surface area contributed by atoms with Crippen LogP contribution in [0.25, 0.3) is 10.2 Å². The van der Waals surface area contributed by atoms with Crippen LogP contribution in [0, 0.1) is 12.8 Å². The number of H-pyrrole nitrogens is 1. The second-order valence-electron chi connectivity index (χ2n) is 4.68. The molecule has 0 aromatic carbocycles. The van der Waals surface area contributed by atoms with Crippen molar-refractivity contribution in [2.24, 2.45) is 5.92 Å². The second-order valence-corrected chi connectivity index (χ2v) is 6.15. The molecule has 1 unspecified atom stereocenters. The molecule has 2 heterocycles. The van der Waals surface area contributed by atoms with Gasteiger partial charge in [-0.15, -0.1) is 22.9 Å². The summed E-state index contributed by atoms with van der Waals surface area (Å²) < 4.78 is 0. The highest BCUT2D eigenvalue weighted by Crippen LogP contribution is 2.29. The number of aromatic nitrogens is 2. The molecule has 0 spiro atoms. The average Bonchev–Trinajstić information content (AvgIpc) is 2.65. The fourth-order valence-electron chi connectivity index (χ4n) is 2.02. The van der Waals surface area contributed by atoms with Crippen molar-refractivity contribution in [2.75, 3.05) is 0 Å². The maximum absolute atomic E-state index is 12.1. The second kappa shape index (κ2) is 5.41.